The van der Waals surface area contributed by atoms with Gasteiger partial charge in [0, 0.05) is 68.6 Å². The van der Waals surface area contributed by atoms with Crippen LogP contribution in [0.5, 0.6) is 0 Å². The zero-order valence-corrected chi connectivity index (χ0v) is 21.5. The van der Waals surface area contributed by atoms with Crippen LogP contribution in [0.4, 0.5) is 17.6 Å². The number of anilines is 3. The van der Waals surface area contributed by atoms with Gasteiger partial charge in [0.15, 0.2) is 0 Å². The van der Waals surface area contributed by atoms with E-state index in [1.165, 1.54) is 16.9 Å². The molecule has 2 fully saturated rings. The van der Waals surface area contributed by atoms with Gasteiger partial charge in [0.1, 0.15) is 11.6 Å². The van der Waals surface area contributed by atoms with E-state index in [1.807, 2.05) is 18.0 Å². The summed E-state index contributed by atoms with van der Waals surface area (Å²) in [5.41, 5.74) is 16.9. The molecular weight excluding hydrogens is 456 g/mol. The molecule has 0 saturated carbocycles. The number of hydrogen-bond donors (Lipinski definition) is 2. The van der Waals surface area contributed by atoms with Gasteiger partial charge in [-0.05, 0) is 55.3 Å². The topological polar surface area (TPSA) is 99.9 Å². The molecule has 2 aromatic rings. The number of thioether (sulfide) groups is 1. The summed E-state index contributed by atoms with van der Waals surface area (Å²) in [6.07, 6.45) is 5.73. The highest BCUT2D eigenvalue weighted by atomic mass is 32.2. The van der Waals surface area contributed by atoms with E-state index in [4.69, 9.17) is 16.5 Å². The molecule has 4 heterocycles. The molecule has 3 aliphatic heterocycles. The molecule has 35 heavy (non-hydrogen) atoms. The number of piperazine rings is 1. The van der Waals surface area contributed by atoms with Crippen molar-refractivity contribution in [2.24, 2.45) is 10.7 Å². The van der Waals surface area contributed by atoms with Crippen molar-refractivity contribution in [1.82, 2.24) is 14.9 Å². The Morgan fingerprint density at radius 3 is 2.66 bits per heavy atom. The number of allylic oxidation sites excluding steroid dienone is 1. The van der Waals surface area contributed by atoms with Gasteiger partial charge in [-0.3, -0.25) is 4.99 Å². The molecule has 0 spiro atoms. The van der Waals surface area contributed by atoms with E-state index in [2.05, 4.69) is 62.9 Å². The Kier molecular flexibility index (Phi) is 7.15. The smallest absolute Gasteiger partial charge is 0.223 e. The summed E-state index contributed by atoms with van der Waals surface area (Å²) in [5.74, 6) is 4.44. The van der Waals surface area contributed by atoms with Gasteiger partial charge in [-0.15, -0.1) is 0 Å². The van der Waals surface area contributed by atoms with E-state index in [1.54, 1.807) is 6.20 Å². The molecule has 0 amide bonds. The lowest BCUT2D eigenvalue weighted by Gasteiger charge is -2.37. The van der Waals surface area contributed by atoms with Crippen LogP contribution in [0.2, 0.25) is 0 Å². The second kappa shape index (κ2) is 10.5. The number of likely N-dealkylation sites (N-methyl/N-ethyl adjacent to an activating group) is 1. The minimum absolute atomic E-state index is 0.314. The molecule has 0 bridgehead atoms. The maximum atomic E-state index is 6.18. The first-order valence-corrected chi connectivity index (χ1v) is 13.7. The van der Waals surface area contributed by atoms with E-state index >= 15 is 0 Å². The fraction of sp³-hybridized carbons (Fsp3) is 0.500. The van der Waals surface area contributed by atoms with Crippen LogP contribution in [0.15, 0.2) is 35.5 Å². The summed E-state index contributed by atoms with van der Waals surface area (Å²) in [7, 11) is 2.16. The summed E-state index contributed by atoms with van der Waals surface area (Å²) in [5, 5.41) is 0. The summed E-state index contributed by atoms with van der Waals surface area (Å²) in [6.45, 7) is 6.97. The monoisotopic (exact) mass is 492 g/mol. The number of nitrogens with two attached hydrogens (primary N) is 2. The molecule has 4 N–H and O–H groups in total. The average molecular weight is 493 g/mol. The SMILES string of the molecule is CC1Cc2ccc(C(C=NC3CCSC3)=CN)cc2CN1c1cc(N2CCN(C)CC2)nc(N)n1. The van der Waals surface area contributed by atoms with Crippen LogP contribution in [-0.4, -0.2) is 77.9 Å². The number of nitrogen functional groups attached to an aromatic ring is 1. The molecular formula is C26H36N8S. The van der Waals surface area contributed by atoms with E-state index in [0.717, 1.165) is 74.1 Å². The van der Waals surface area contributed by atoms with E-state index in [-0.39, 0.29) is 0 Å². The van der Waals surface area contributed by atoms with Gasteiger partial charge in [-0.1, -0.05) is 12.1 Å². The van der Waals surface area contributed by atoms with Gasteiger partial charge in [-0.25, -0.2) is 0 Å². The summed E-state index contributed by atoms with van der Waals surface area (Å²) in [4.78, 5) is 21.0. The molecule has 186 valence electrons. The van der Waals surface area contributed by atoms with Gasteiger partial charge >= 0.3 is 0 Å². The fourth-order valence-electron chi connectivity index (χ4n) is 5.05. The van der Waals surface area contributed by atoms with Gasteiger partial charge in [0.2, 0.25) is 5.95 Å². The maximum Gasteiger partial charge on any atom is 0.223 e. The Bertz CT molecular complexity index is 1100. The third-order valence-electron chi connectivity index (χ3n) is 7.28. The largest absolute Gasteiger partial charge is 0.404 e. The molecule has 0 aliphatic carbocycles. The molecule has 3 aliphatic rings. The average Bonchev–Trinajstić information content (AvgIpc) is 3.38. The van der Waals surface area contributed by atoms with Crippen molar-refractivity contribution >= 4 is 41.1 Å². The van der Waals surface area contributed by atoms with Crippen molar-refractivity contribution in [3.63, 3.8) is 0 Å². The highest BCUT2D eigenvalue weighted by Gasteiger charge is 2.26. The van der Waals surface area contributed by atoms with Crippen molar-refractivity contribution in [3.8, 4) is 0 Å². The number of benzene rings is 1. The fourth-order valence-corrected chi connectivity index (χ4v) is 6.18. The van der Waals surface area contributed by atoms with Crippen molar-refractivity contribution in [3.05, 3.63) is 47.2 Å². The number of fused-ring (bicyclic) bond motifs is 1. The number of nitrogens with zero attached hydrogens (tertiary/aromatic N) is 6. The Balaban J connectivity index is 1.38. The maximum absolute atomic E-state index is 6.18. The summed E-state index contributed by atoms with van der Waals surface area (Å²) >= 11 is 1.97. The first-order valence-electron chi connectivity index (χ1n) is 12.5. The molecule has 9 heteroatoms. The lowest BCUT2D eigenvalue weighted by Crippen LogP contribution is -2.45. The zero-order valence-electron chi connectivity index (χ0n) is 20.7. The number of aromatic nitrogens is 2. The van der Waals surface area contributed by atoms with E-state index in [9.17, 15) is 0 Å². The standard InChI is InChI=1S/C26H36N8S/c1-18-11-19-3-4-20(22(14-27)15-29-23-5-10-35-17-23)12-21(19)16-34(18)25-13-24(30-26(28)31-25)33-8-6-32(2)7-9-33/h3-4,12-15,18,23H,5-11,16-17,27H2,1-2H3,(H2,28,30,31). The zero-order chi connectivity index (χ0) is 24.4. The van der Waals surface area contributed by atoms with E-state index < -0.39 is 0 Å². The Labute approximate surface area is 212 Å². The second-order valence-electron chi connectivity index (χ2n) is 9.81. The molecule has 2 saturated heterocycles. The van der Waals surface area contributed by atoms with Crippen LogP contribution in [0.1, 0.15) is 30.0 Å². The predicted octanol–water partition coefficient (Wildman–Crippen LogP) is 2.64. The molecule has 8 nitrogen and oxygen atoms in total. The van der Waals surface area contributed by atoms with Gasteiger partial charge in [0.25, 0.3) is 0 Å². The van der Waals surface area contributed by atoms with Crippen LogP contribution in [0.25, 0.3) is 5.57 Å². The summed E-state index contributed by atoms with van der Waals surface area (Å²) < 4.78 is 0. The van der Waals surface area contributed by atoms with Crippen LogP contribution in [0, 0.1) is 0 Å². The highest BCUT2D eigenvalue weighted by molar-refractivity contribution is 7.99. The molecule has 5 rings (SSSR count). The Morgan fingerprint density at radius 1 is 1.11 bits per heavy atom. The van der Waals surface area contributed by atoms with Crippen molar-refractivity contribution < 1.29 is 0 Å². The van der Waals surface area contributed by atoms with Gasteiger partial charge < -0.3 is 26.2 Å². The summed E-state index contributed by atoms with van der Waals surface area (Å²) in [6, 6.07) is 9.49. The number of rotatable bonds is 5. The molecule has 0 radical (unpaired) electrons. The van der Waals surface area contributed by atoms with Gasteiger partial charge in [-0.2, -0.15) is 21.7 Å². The minimum Gasteiger partial charge on any atom is -0.404 e. The Morgan fingerprint density at radius 2 is 1.91 bits per heavy atom. The predicted molar refractivity (Wildman–Crippen MR) is 148 cm³/mol. The molecule has 1 aromatic heterocycles. The van der Waals surface area contributed by atoms with Crippen molar-refractivity contribution in [2.75, 3.05) is 60.3 Å². The first kappa shape index (κ1) is 23.9. The minimum atomic E-state index is 0.314. The van der Waals surface area contributed by atoms with Crippen LogP contribution in [-0.2, 0) is 13.0 Å². The third kappa shape index (κ3) is 5.41. The molecule has 2 atom stereocenters. The Hall–Kier alpha value is -2.78. The first-order chi connectivity index (χ1) is 17.0. The number of aliphatic imine (C=N–C) groups is 1. The van der Waals surface area contributed by atoms with Crippen LogP contribution in [0.3, 0.4) is 0 Å². The van der Waals surface area contributed by atoms with Crippen LogP contribution >= 0.6 is 11.8 Å². The highest BCUT2D eigenvalue weighted by Crippen LogP contribution is 2.31. The van der Waals surface area contributed by atoms with Crippen molar-refractivity contribution in [2.45, 2.75) is 38.4 Å². The third-order valence-corrected chi connectivity index (χ3v) is 8.42. The normalized spacial score (nSPS) is 23.8. The lowest BCUT2D eigenvalue weighted by atomic mass is 9.91. The van der Waals surface area contributed by atoms with Gasteiger partial charge in [0.05, 0.1) is 6.04 Å². The lowest BCUT2D eigenvalue weighted by molar-refractivity contribution is 0.312. The second-order valence-corrected chi connectivity index (χ2v) is 11.0. The van der Waals surface area contributed by atoms with E-state index in [0.29, 0.717) is 18.0 Å². The quantitative estimate of drug-likeness (QED) is 0.615. The van der Waals surface area contributed by atoms with Crippen LogP contribution < -0.4 is 21.3 Å². The van der Waals surface area contributed by atoms with Crippen molar-refractivity contribution in [1.29, 1.82) is 0 Å². The molecule has 2 unspecified atom stereocenters. The molecule has 1 aromatic carbocycles. The number of hydrogen-bond acceptors (Lipinski definition) is 9.